The molecule has 4 heteroatoms. The first kappa shape index (κ1) is 19.4. The van der Waals surface area contributed by atoms with Crippen LogP contribution in [0.2, 0.25) is 0 Å². The number of carbonyl (C=O) groups is 1. The number of aliphatic hydroxyl groups is 1. The molecule has 1 saturated heterocycles. The zero-order chi connectivity index (χ0) is 19.6. The summed E-state index contributed by atoms with van der Waals surface area (Å²) in [6, 6.07) is 0. The van der Waals surface area contributed by atoms with E-state index in [0.717, 1.165) is 31.3 Å². The number of Topliss-reactive ketones (excluding diaryl/α,β-unsaturated/α-hetero) is 1. The average Bonchev–Trinajstić information content (AvgIpc) is 3.31. The van der Waals surface area contributed by atoms with Gasteiger partial charge in [-0.3, -0.25) is 4.79 Å². The summed E-state index contributed by atoms with van der Waals surface area (Å²) in [4.78, 5) is 13.8. The van der Waals surface area contributed by atoms with Gasteiger partial charge in [-0.05, 0) is 48.5 Å². The van der Waals surface area contributed by atoms with Crippen molar-refractivity contribution in [2.45, 2.75) is 65.3 Å². The SMILES string of the molecule is C=C[C@@]1(C)CC(=O)[C@@]2(C)C3C(C4OCCO4)CC[C@@]3(CC[C@H]2C)C(=C)[C@@H]1O. The number of aliphatic hydroxyl groups excluding tert-OH is 1. The molecule has 1 aliphatic heterocycles. The van der Waals surface area contributed by atoms with Gasteiger partial charge >= 0.3 is 0 Å². The summed E-state index contributed by atoms with van der Waals surface area (Å²) in [5.41, 5.74) is -0.438. The normalized spacial score (nSPS) is 51.0. The van der Waals surface area contributed by atoms with Gasteiger partial charge in [0.2, 0.25) is 0 Å². The molecule has 4 aliphatic rings. The van der Waals surface area contributed by atoms with Gasteiger partial charge in [0.05, 0.1) is 19.3 Å². The van der Waals surface area contributed by atoms with E-state index in [1.165, 1.54) is 0 Å². The van der Waals surface area contributed by atoms with Crippen LogP contribution in [0.5, 0.6) is 0 Å². The average molecular weight is 375 g/mol. The molecule has 2 unspecified atom stereocenters. The van der Waals surface area contributed by atoms with E-state index in [2.05, 4.69) is 27.0 Å². The lowest BCUT2D eigenvalue weighted by Crippen LogP contribution is -2.59. The first-order valence-corrected chi connectivity index (χ1v) is 10.5. The maximum Gasteiger partial charge on any atom is 0.160 e. The van der Waals surface area contributed by atoms with Gasteiger partial charge in [-0.2, -0.15) is 0 Å². The molecule has 0 aromatic rings. The Kier molecular flexibility index (Phi) is 4.49. The van der Waals surface area contributed by atoms with Crippen molar-refractivity contribution in [2.75, 3.05) is 13.2 Å². The quantitative estimate of drug-likeness (QED) is 0.745. The van der Waals surface area contributed by atoms with E-state index >= 15 is 0 Å². The van der Waals surface area contributed by atoms with Crippen LogP contribution in [0.25, 0.3) is 0 Å². The van der Waals surface area contributed by atoms with E-state index in [0.29, 0.717) is 25.6 Å². The molecule has 2 bridgehead atoms. The minimum atomic E-state index is -0.747. The van der Waals surface area contributed by atoms with Crippen LogP contribution in [0, 0.1) is 34.0 Å². The predicted octanol–water partition coefficient (Wildman–Crippen LogP) is 3.89. The van der Waals surface area contributed by atoms with Crippen molar-refractivity contribution in [3.05, 3.63) is 24.8 Å². The number of hydrogen-bond acceptors (Lipinski definition) is 4. The summed E-state index contributed by atoms with van der Waals surface area (Å²) in [7, 11) is 0. The Morgan fingerprint density at radius 2 is 1.81 bits per heavy atom. The molecule has 0 amide bonds. The molecule has 4 fully saturated rings. The van der Waals surface area contributed by atoms with Gasteiger partial charge in [0.15, 0.2) is 6.29 Å². The van der Waals surface area contributed by atoms with Gasteiger partial charge in [-0.15, -0.1) is 6.58 Å². The van der Waals surface area contributed by atoms with Crippen LogP contribution in [0.4, 0.5) is 0 Å². The largest absolute Gasteiger partial charge is 0.388 e. The molecule has 0 spiro atoms. The smallest absolute Gasteiger partial charge is 0.160 e. The van der Waals surface area contributed by atoms with Gasteiger partial charge in [0, 0.05) is 23.2 Å². The first-order valence-electron chi connectivity index (χ1n) is 10.5. The van der Waals surface area contributed by atoms with Gasteiger partial charge in [-0.1, -0.05) is 33.4 Å². The van der Waals surface area contributed by atoms with Crippen molar-refractivity contribution in [3.8, 4) is 0 Å². The molecule has 7 atom stereocenters. The molecule has 27 heavy (non-hydrogen) atoms. The fourth-order valence-electron chi connectivity index (χ4n) is 6.91. The highest BCUT2D eigenvalue weighted by molar-refractivity contribution is 5.87. The predicted molar refractivity (Wildman–Crippen MR) is 104 cm³/mol. The highest BCUT2D eigenvalue weighted by atomic mass is 16.7. The second kappa shape index (κ2) is 6.27. The summed E-state index contributed by atoms with van der Waals surface area (Å²) < 4.78 is 11.8. The van der Waals surface area contributed by atoms with Crippen LogP contribution in [-0.2, 0) is 14.3 Å². The molecule has 0 aromatic carbocycles. The Hall–Kier alpha value is -0.970. The minimum Gasteiger partial charge on any atom is -0.388 e. The minimum absolute atomic E-state index is 0.112. The molecule has 0 aromatic heterocycles. The van der Waals surface area contributed by atoms with Crippen LogP contribution in [0.3, 0.4) is 0 Å². The molecule has 0 radical (unpaired) electrons. The Bertz CT molecular complexity index is 665. The molecule has 4 nitrogen and oxygen atoms in total. The summed E-state index contributed by atoms with van der Waals surface area (Å²) in [6.45, 7) is 16.0. The van der Waals surface area contributed by atoms with Crippen molar-refractivity contribution in [1.82, 2.24) is 0 Å². The van der Waals surface area contributed by atoms with E-state index in [-0.39, 0.29) is 29.3 Å². The van der Waals surface area contributed by atoms with Crippen LogP contribution >= 0.6 is 0 Å². The van der Waals surface area contributed by atoms with E-state index in [4.69, 9.17) is 9.47 Å². The molecule has 150 valence electrons. The lowest BCUT2D eigenvalue weighted by atomic mass is 9.44. The van der Waals surface area contributed by atoms with Crippen LogP contribution in [0.1, 0.15) is 52.9 Å². The second-order valence-electron chi connectivity index (χ2n) is 9.91. The van der Waals surface area contributed by atoms with Crippen molar-refractivity contribution in [2.24, 2.45) is 34.0 Å². The van der Waals surface area contributed by atoms with E-state index in [1.54, 1.807) is 6.08 Å². The topological polar surface area (TPSA) is 55.8 Å². The highest BCUT2D eigenvalue weighted by Gasteiger charge is 2.67. The van der Waals surface area contributed by atoms with E-state index in [1.807, 2.05) is 6.92 Å². The zero-order valence-corrected chi connectivity index (χ0v) is 17.0. The number of hydrogen-bond donors (Lipinski definition) is 1. The Morgan fingerprint density at radius 1 is 1.19 bits per heavy atom. The number of carbonyl (C=O) groups excluding carboxylic acids is 1. The second-order valence-corrected chi connectivity index (χ2v) is 9.91. The van der Waals surface area contributed by atoms with Gasteiger partial charge in [-0.25, -0.2) is 0 Å². The Morgan fingerprint density at radius 3 is 2.44 bits per heavy atom. The lowest BCUT2D eigenvalue weighted by Gasteiger charge is -2.59. The maximum atomic E-state index is 13.8. The first-order chi connectivity index (χ1) is 12.7. The Labute approximate surface area is 163 Å². The third kappa shape index (κ3) is 2.42. The fraction of sp³-hybridized carbons (Fsp3) is 0.783. The third-order valence-corrected chi connectivity index (χ3v) is 8.84. The molecule has 1 N–H and O–H groups in total. The summed E-state index contributed by atoms with van der Waals surface area (Å²) in [5, 5.41) is 11.3. The zero-order valence-electron chi connectivity index (χ0n) is 17.0. The van der Waals surface area contributed by atoms with Gasteiger partial charge in [0.1, 0.15) is 5.78 Å². The van der Waals surface area contributed by atoms with E-state index in [9.17, 15) is 9.90 Å². The highest BCUT2D eigenvalue weighted by Crippen LogP contribution is 2.69. The Balaban J connectivity index is 1.88. The number of ether oxygens (including phenoxy) is 2. The van der Waals surface area contributed by atoms with Crippen molar-refractivity contribution in [3.63, 3.8) is 0 Å². The summed E-state index contributed by atoms with van der Waals surface area (Å²) in [5.74, 6) is 0.840. The van der Waals surface area contributed by atoms with Crippen molar-refractivity contribution >= 4 is 5.78 Å². The van der Waals surface area contributed by atoms with Crippen LogP contribution in [-0.4, -0.2) is 36.5 Å². The number of ketones is 1. The van der Waals surface area contributed by atoms with Crippen molar-refractivity contribution in [1.29, 1.82) is 0 Å². The molecule has 3 aliphatic carbocycles. The van der Waals surface area contributed by atoms with Crippen molar-refractivity contribution < 1.29 is 19.4 Å². The lowest BCUT2D eigenvalue weighted by molar-refractivity contribution is -0.167. The van der Waals surface area contributed by atoms with Crippen LogP contribution in [0.15, 0.2) is 24.8 Å². The monoisotopic (exact) mass is 374 g/mol. The molecule has 4 rings (SSSR count). The number of rotatable bonds is 2. The summed E-state index contributed by atoms with van der Waals surface area (Å²) >= 11 is 0. The van der Waals surface area contributed by atoms with Gasteiger partial charge in [0.25, 0.3) is 0 Å². The van der Waals surface area contributed by atoms with Gasteiger partial charge < -0.3 is 14.6 Å². The van der Waals surface area contributed by atoms with E-state index < -0.39 is 16.9 Å². The molecule has 1 heterocycles. The summed E-state index contributed by atoms with van der Waals surface area (Å²) in [6.07, 6.45) is 4.97. The molecule has 3 saturated carbocycles. The van der Waals surface area contributed by atoms with Crippen LogP contribution < -0.4 is 0 Å². The maximum absolute atomic E-state index is 13.8. The third-order valence-electron chi connectivity index (χ3n) is 8.84. The fourth-order valence-corrected chi connectivity index (χ4v) is 6.91. The molecular formula is C23H34O4. The molecular weight excluding hydrogens is 340 g/mol. The standard InChI is InChI=1S/C23H34O4/c1-6-21(4)13-17(24)22(5)14(2)7-9-23(15(3)19(21)25)10-8-16(18(22)23)20-26-11-12-27-20/h6,14,16,18-20,25H,1,3,7-13H2,2,4-5H3/t14-,16?,18?,19+,21+,22+,23+/m1/s1.